The zero-order valence-electron chi connectivity index (χ0n) is 19.5. The maximum absolute atomic E-state index is 13.1. The Bertz CT molecular complexity index is 867. The number of halogens is 1. The topological polar surface area (TPSA) is 70.2 Å². The monoisotopic (exact) mass is 453 g/mol. The van der Waals surface area contributed by atoms with E-state index < -0.39 is 6.04 Å². The number of rotatable bonds is 11. The van der Waals surface area contributed by atoms with E-state index in [9.17, 15) is 14.0 Å². The number of carbonyl (C=O) groups excluding carboxylic acids is 2. The highest BCUT2D eigenvalue weighted by Gasteiger charge is 2.28. The van der Waals surface area contributed by atoms with E-state index in [-0.39, 0.29) is 23.5 Å². The Labute approximate surface area is 196 Å². The molecule has 0 spiro atoms. The molecule has 3 N–H and O–H groups in total. The number of nitrogens with one attached hydrogen (secondary N) is 3. The van der Waals surface area contributed by atoms with Crippen molar-refractivity contribution in [3.05, 3.63) is 66.0 Å². The zero-order valence-corrected chi connectivity index (χ0v) is 19.5. The normalized spacial score (nSPS) is 15.9. The van der Waals surface area contributed by atoms with E-state index in [1.807, 2.05) is 37.3 Å². The highest BCUT2D eigenvalue weighted by atomic mass is 19.1. The zero-order chi connectivity index (χ0) is 23.5. The second-order valence-corrected chi connectivity index (χ2v) is 8.90. The van der Waals surface area contributed by atoms with Crippen molar-refractivity contribution in [2.75, 3.05) is 18.4 Å². The van der Waals surface area contributed by atoms with Crippen LogP contribution in [0, 0.1) is 11.7 Å². The maximum atomic E-state index is 13.1. The van der Waals surface area contributed by atoms with Crippen LogP contribution < -0.4 is 16.0 Å². The molecule has 1 aliphatic rings. The molecule has 1 fully saturated rings. The van der Waals surface area contributed by atoms with E-state index in [0.717, 1.165) is 24.1 Å². The Morgan fingerprint density at radius 3 is 2.30 bits per heavy atom. The smallest absolute Gasteiger partial charge is 0.242 e. The second kappa shape index (κ2) is 13.0. The summed E-state index contributed by atoms with van der Waals surface area (Å²) >= 11 is 0. The average molecular weight is 454 g/mol. The van der Waals surface area contributed by atoms with Crippen molar-refractivity contribution in [2.45, 2.75) is 63.8 Å². The van der Waals surface area contributed by atoms with E-state index in [1.165, 1.54) is 31.4 Å². The highest BCUT2D eigenvalue weighted by Crippen LogP contribution is 2.28. The van der Waals surface area contributed by atoms with E-state index in [1.54, 1.807) is 12.1 Å². The van der Waals surface area contributed by atoms with E-state index in [2.05, 4.69) is 16.0 Å². The summed E-state index contributed by atoms with van der Waals surface area (Å²) in [6, 6.07) is 15.3. The van der Waals surface area contributed by atoms with Crippen molar-refractivity contribution >= 4 is 17.5 Å². The quantitative estimate of drug-likeness (QED) is 0.419. The molecule has 1 saturated carbocycles. The first-order valence-corrected chi connectivity index (χ1v) is 12.2. The van der Waals surface area contributed by atoms with E-state index in [4.69, 9.17) is 0 Å². The van der Waals surface area contributed by atoms with Gasteiger partial charge in [-0.2, -0.15) is 0 Å². The summed E-state index contributed by atoms with van der Waals surface area (Å²) in [5.74, 6) is -0.324. The average Bonchev–Trinajstić information content (AvgIpc) is 2.84. The van der Waals surface area contributed by atoms with Crippen LogP contribution in [-0.4, -0.2) is 30.9 Å². The largest absolute Gasteiger partial charge is 0.383 e. The van der Waals surface area contributed by atoms with Crippen LogP contribution >= 0.6 is 0 Å². The van der Waals surface area contributed by atoms with Gasteiger partial charge in [-0.15, -0.1) is 0 Å². The number of hydrogen-bond donors (Lipinski definition) is 3. The van der Waals surface area contributed by atoms with Crippen LogP contribution in [0.5, 0.6) is 0 Å². The summed E-state index contributed by atoms with van der Waals surface area (Å²) in [6.45, 7) is 2.93. The summed E-state index contributed by atoms with van der Waals surface area (Å²) in [5.41, 5.74) is 1.77. The van der Waals surface area contributed by atoms with Crippen molar-refractivity contribution in [2.24, 2.45) is 5.92 Å². The summed E-state index contributed by atoms with van der Waals surface area (Å²) < 4.78 is 13.0. The lowest BCUT2D eigenvalue weighted by Crippen LogP contribution is -2.49. The Kier molecular flexibility index (Phi) is 9.73. The van der Waals surface area contributed by atoms with Crippen LogP contribution in [0.4, 0.5) is 10.1 Å². The fourth-order valence-electron chi connectivity index (χ4n) is 4.60. The molecule has 2 amide bonds. The molecule has 3 rings (SSSR count). The van der Waals surface area contributed by atoms with Crippen molar-refractivity contribution < 1.29 is 14.0 Å². The first kappa shape index (κ1) is 24.7. The van der Waals surface area contributed by atoms with Gasteiger partial charge < -0.3 is 16.0 Å². The lowest BCUT2D eigenvalue weighted by atomic mass is 9.84. The van der Waals surface area contributed by atoms with Gasteiger partial charge >= 0.3 is 0 Å². The van der Waals surface area contributed by atoms with Gasteiger partial charge in [-0.1, -0.05) is 69.4 Å². The molecule has 2 atom stereocenters. The minimum atomic E-state index is -0.538. The van der Waals surface area contributed by atoms with Gasteiger partial charge in [0.25, 0.3) is 0 Å². The van der Waals surface area contributed by atoms with E-state index >= 15 is 0 Å². The minimum absolute atomic E-state index is 0.0934. The molecule has 2 aromatic rings. The molecule has 1 aliphatic carbocycles. The molecule has 0 unspecified atom stereocenters. The summed E-state index contributed by atoms with van der Waals surface area (Å²) in [6.07, 6.45) is 7.21. The van der Waals surface area contributed by atoms with Crippen LogP contribution in [-0.2, 0) is 9.59 Å². The summed E-state index contributed by atoms with van der Waals surface area (Å²) in [4.78, 5) is 26.2. The first-order chi connectivity index (χ1) is 16.1. The maximum Gasteiger partial charge on any atom is 0.242 e. The lowest BCUT2D eigenvalue weighted by molar-refractivity contribution is -0.130. The van der Waals surface area contributed by atoms with Gasteiger partial charge in [0.2, 0.25) is 11.8 Å². The molecule has 0 heterocycles. The molecule has 0 radical (unpaired) electrons. The predicted molar refractivity (Wildman–Crippen MR) is 130 cm³/mol. The highest BCUT2D eigenvalue weighted by molar-refractivity contribution is 5.90. The third-order valence-corrected chi connectivity index (χ3v) is 6.45. The molecule has 2 aromatic carbocycles. The second-order valence-electron chi connectivity index (χ2n) is 8.90. The van der Waals surface area contributed by atoms with E-state index in [0.29, 0.717) is 31.8 Å². The number of hydrogen-bond acceptors (Lipinski definition) is 3. The van der Waals surface area contributed by atoms with Gasteiger partial charge in [0.15, 0.2) is 0 Å². The molecular weight excluding hydrogens is 417 g/mol. The van der Waals surface area contributed by atoms with Crippen LogP contribution in [0.3, 0.4) is 0 Å². The number of benzene rings is 2. The molecule has 0 aliphatic heterocycles. The molecule has 6 heteroatoms. The van der Waals surface area contributed by atoms with Crippen LogP contribution in [0.1, 0.15) is 63.4 Å². The SMILES string of the molecule is CC[C@@H](C(=O)N[C@@H](CC1CCCCC1)C(=O)NCCNc1ccc(F)cc1)c1ccccc1. The molecule has 0 bridgehead atoms. The summed E-state index contributed by atoms with van der Waals surface area (Å²) in [7, 11) is 0. The Balaban J connectivity index is 1.58. The Hall–Kier alpha value is -2.89. The van der Waals surface area contributed by atoms with Crippen molar-refractivity contribution in [1.29, 1.82) is 0 Å². The molecular formula is C27H36FN3O2. The van der Waals surface area contributed by atoms with Gasteiger partial charge in [-0.3, -0.25) is 9.59 Å². The molecule has 5 nitrogen and oxygen atoms in total. The van der Waals surface area contributed by atoms with Crippen LogP contribution in [0.15, 0.2) is 54.6 Å². The standard InChI is InChI=1S/C27H36FN3O2/c1-2-24(21-11-7-4-8-12-21)26(32)31-25(19-20-9-5-3-6-10-20)27(33)30-18-17-29-23-15-13-22(28)14-16-23/h4,7-8,11-16,20,24-25,29H,2-3,5-6,9-10,17-19H2,1H3,(H,30,33)(H,31,32)/t24-,25+/m1/s1. The fraction of sp³-hybridized carbons (Fsp3) is 0.481. The summed E-state index contributed by atoms with van der Waals surface area (Å²) in [5, 5.41) is 9.20. The fourth-order valence-corrected chi connectivity index (χ4v) is 4.60. The van der Waals surface area contributed by atoms with Crippen molar-refractivity contribution in [3.63, 3.8) is 0 Å². The van der Waals surface area contributed by atoms with Crippen molar-refractivity contribution in [3.8, 4) is 0 Å². The van der Waals surface area contributed by atoms with Gasteiger partial charge in [-0.25, -0.2) is 4.39 Å². The van der Waals surface area contributed by atoms with Gasteiger partial charge in [0.1, 0.15) is 11.9 Å². The molecule has 33 heavy (non-hydrogen) atoms. The third kappa shape index (κ3) is 7.88. The van der Waals surface area contributed by atoms with Crippen LogP contribution in [0.25, 0.3) is 0 Å². The van der Waals surface area contributed by atoms with Gasteiger partial charge in [0.05, 0.1) is 5.92 Å². The third-order valence-electron chi connectivity index (χ3n) is 6.45. The lowest BCUT2D eigenvalue weighted by Gasteiger charge is -2.28. The van der Waals surface area contributed by atoms with Gasteiger partial charge in [0, 0.05) is 18.8 Å². The van der Waals surface area contributed by atoms with Crippen molar-refractivity contribution in [1.82, 2.24) is 10.6 Å². The molecule has 178 valence electrons. The predicted octanol–water partition coefficient (Wildman–Crippen LogP) is 5.00. The molecule has 0 saturated heterocycles. The number of carbonyl (C=O) groups is 2. The first-order valence-electron chi connectivity index (χ1n) is 12.2. The Morgan fingerprint density at radius 2 is 1.64 bits per heavy atom. The number of anilines is 1. The molecule has 0 aromatic heterocycles. The van der Waals surface area contributed by atoms with Crippen LogP contribution in [0.2, 0.25) is 0 Å². The van der Waals surface area contributed by atoms with Gasteiger partial charge in [-0.05, 0) is 48.6 Å². The Morgan fingerprint density at radius 1 is 0.939 bits per heavy atom. The number of amides is 2. The minimum Gasteiger partial charge on any atom is -0.383 e.